The van der Waals surface area contributed by atoms with Crippen LogP contribution in [0.5, 0.6) is 5.75 Å². The van der Waals surface area contributed by atoms with Crippen LogP contribution in [-0.4, -0.2) is 17.5 Å². The largest absolute Gasteiger partial charge is 0.484 e. The van der Waals surface area contributed by atoms with Gasteiger partial charge in [0.15, 0.2) is 6.61 Å². The lowest BCUT2D eigenvalue weighted by Gasteiger charge is -2.18. The van der Waals surface area contributed by atoms with Crippen molar-refractivity contribution in [3.63, 3.8) is 0 Å². The van der Waals surface area contributed by atoms with Gasteiger partial charge < -0.3 is 10.1 Å². The topological polar surface area (TPSA) is 51.2 Å². The number of thiazole rings is 1. The molecule has 1 atom stereocenters. The number of halogens is 1. The molecule has 0 saturated carbocycles. The molecule has 152 valence electrons. The maximum Gasteiger partial charge on any atom is 0.258 e. The fourth-order valence-electron chi connectivity index (χ4n) is 2.96. The molecule has 0 unspecified atom stereocenters. The monoisotopic (exact) mass is 438 g/mol. The lowest BCUT2D eigenvalue weighted by Crippen LogP contribution is -2.32. The molecule has 2 aromatic carbocycles. The van der Waals surface area contributed by atoms with Gasteiger partial charge in [-0.3, -0.25) is 4.79 Å². The summed E-state index contributed by atoms with van der Waals surface area (Å²) in [5.41, 5.74) is 2.82. The SMILES string of the molecule is Cc1csc(-c2ccc(OCC(=O)N[C@@H](c3ccc(F)cc3)c3cccs3)cc2)n1. The highest BCUT2D eigenvalue weighted by Crippen LogP contribution is 2.27. The molecule has 0 saturated heterocycles. The van der Waals surface area contributed by atoms with Crippen LogP contribution in [0, 0.1) is 12.7 Å². The standard InChI is InChI=1S/C23H19FN2O2S2/c1-15-14-30-23(25-15)17-6-10-19(11-7-17)28-13-21(27)26-22(20-3-2-12-29-20)16-4-8-18(24)9-5-16/h2-12,14,22H,13H2,1H3,(H,26,27)/t22-/m0/s1. The zero-order chi connectivity index (χ0) is 20.9. The minimum Gasteiger partial charge on any atom is -0.484 e. The highest BCUT2D eigenvalue weighted by molar-refractivity contribution is 7.13. The Balaban J connectivity index is 1.39. The fraction of sp³-hybridized carbons (Fsp3) is 0.130. The quantitative estimate of drug-likeness (QED) is 0.408. The van der Waals surface area contributed by atoms with E-state index >= 15 is 0 Å². The van der Waals surface area contributed by atoms with Crippen LogP contribution in [0.1, 0.15) is 22.2 Å². The number of aromatic nitrogens is 1. The van der Waals surface area contributed by atoms with E-state index in [1.165, 1.54) is 23.5 Å². The van der Waals surface area contributed by atoms with Gasteiger partial charge in [-0.25, -0.2) is 9.37 Å². The van der Waals surface area contributed by atoms with Crippen LogP contribution in [0.25, 0.3) is 10.6 Å². The van der Waals surface area contributed by atoms with Gasteiger partial charge in [-0.05, 0) is 60.3 Å². The number of benzene rings is 2. The van der Waals surface area contributed by atoms with Crippen LogP contribution in [-0.2, 0) is 4.79 Å². The van der Waals surface area contributed by atoms with E-state index in [0.717, 1.165) is 26.7 Å². The van der Waals surface area contributed by atoms with Crippen LogP contribution >= 0.6 is 22.7 Å². The minimum absolute atomic E-state index is 0.112. The summed E-state index contributed by atoms with van der Waals surface area (Å²) in [5.74, 6) is 0.0451. The molecule has 4 nitrogen and oxygen atoms in total. The van der Waals surface area contributed by atoms with E-state index in [1.54, 1.807) is 23.5 Å². The molecule has 0 aliphatic rings. The summed E-state index contributed by atoms with van der Waals surface area (Å²) in [5, 5.41) is 7.89. The minimum atomic E-state index is -0.350. The van der Waals surface area contributed by atoms with E-state index < -0.39 is 0 Å². The van der Waals surface area contributed by atoms with Crippen LogP contribution in [0.15, 0.2) is 71.4 Å². The summed E-state index contributed by atoms with van der Waals surface area (Å²) >= 11 is 3.13. The zero-order valence-corrected chi connectivity index (χ0v) is 17.8. The smallest absolute Gasteiger partial charge is 0.258 e. The average Bonchev–Trinajstić information content (AvgIpc) is 3.44. The highest BCUT2D eigenvalue weighted by Gasteiger charge is 2.18. The lowest BCUT2D eigenvalue weighted by molar-refractivity contribution is -0.123. The molecule has 7 heteroatoms. The molecule has 0 spiro atoms. The predicted octanol–water partition coefficient (Wildman–Crippen LogP) is 5.60. The first-order valence-corrected chi connectivity index (χ1v) is 11.1. The van der Waals surface area contributed by atoms with Gasteiger partial charge in [-0.1, -0.05) is 18.2 Å². The van der Waals surface area contributed by atoms with Crippen molar-refractivity contribution in [2.75, 3.05) is 6.61 Å². The van der Waals surface area contributed by atoms with Gasteiger partial charge in [0, 0.05) is 21.5 Å². The zero-order valence-electron chi connectivity index (χ0n) is 16.2. The number of thiophene rings is 1. The Hall–Kier alpha value is -3.03. The highest BCUT2D eigenvalue weighted by atomic mass is 32.1. The Labute approximate surface area is 182 Å². The van der Waals surface area contributed by atoms with Crippen LogP contribution in [0.4, 0.5) is 4.39 Å². The van der Waals surface area contributed by atoms with Crippen molar-refractivity contribution in [1.82, 2.24) is 10.3 Å². The summed E-state index contributed by atoms with van der Waals surface area (Å²) in [6, 6.07) is 17.2. The van der Waals surface area contributed by atoms with E-state index in [4.69, 9.17) is 4.74 Å². The third-order valence-corrected chi connectivity index (χ3v) is 6.37. The average molecular weight is 439 g/mol. The van der Waals surface area contributed by atoms with Gasteiger partial charge in [-0.15, -0.1) is 22.7 Å². The molecular formula is C23H19FN2O2S2. The lowest BCUT2D eigenvalue weighted by atomic mass is 10.1. The van der Waals surface area contributed by atoms with Gasteiger partial charge in [-0.2, -0.15) is 0 Å². The molecule has 30 heavy (non-hydrogen) atoms. The number of amides is 1. The van der Waals surface area contributed by atoms with Crippen LogP contribution in [0.3, 0.4) is 0 Å². The van der Waals surface area contributed by atoms with E-state index in [1.807, 2.05) is 54.1 Å². The van der Waals surface area contributed by atoms with Crippen LogP contribution in [0.2, 0.25) is 0 Å². The third-order valence-electron chi connectivity index (χ3n) is 4.43. The van der Waals surface area contributed by atoms with Crippen molar-refractivity contribution in [2.45, 2.75) is 13.0 Å². The predicted molar refractivity (Wildman–Crippen MR) is 118 cm³/mol. The molecule has 0 aliphatic heterocycles. The Morgan fingerprint density at radius 3 is 2.50 bits per heavy atom. The Morgan fingerprint density at radius 1 is 1.10 bits per heavy atom. The molecule has 1 N–H and O–H groups in total. The molecule has 0 aliphatic carbocycles. The molecule has 0 fully saturated rings. The van der Waals surface area contributed by atoms with E-state index in [0.29, 0.717) is 5.75 Å². The van der Waals surface area contributed by atoms with Crippen LogP contribution < -0.4 is 10.1 Å². The van der Waals surface area contributed by atoms with E-state index in [-0.39, 0.29) is 24.4 Å². The summed E-state index contributed by atoms with van der Waals surface area (Å²) in [6.45, 7) is 1.85. The summed E-state index contributed by atoms with van der Waals surface area (Å²) in [6.07, 6.45) is 0. The number of ether oxygens (including phenoxy) is 1. The molecule has 4 rings (SSSR count). The number of rotatable bonds is 7. The number of carbonyl (C=O) groups excluding carboxylic acids is 1. The van der Waals surface area contributed by atoms with Crippen molar-refractivity contribution < 1.29 is 13.9 Å². The van der Waals surface area contributed by atoms with Crippen molar-refractivity contribution in [3.8, 4) is 16.3 Å². The first kappa shape index (κ1) is 20.3. The molecule has 2 aromatic heterocycles. The molecular weight excluding hydrogens is 419 g/mol. The number of nitrogens with one attached hydrogen (secondary N) is 1. The molecule has 4 aromatic rings. The van der Waals surface area contributed by atoms with E-state index in [9.17, 15) is 9.18 Å². The molecule has 0 bridgehead atoms. The second-order valence-electron chi connectivity index (χ2n) is 6.67. The number of aryl methyl sites for hydroxylation is 1. The van der Waals surface area contributed by atoms with Gasteiger partial charge in [0.2, 0.25) is 0 Å². The summed E-state index contributed by atoms with van der Waals surface area (Å²) in [4.78, 5) is 18.0. The molecule has 1 amide bonds. The Morgan fingerprint density at radius 2 is 1.87 bits per heavy atom. The summed E-state index contributed by atoms with van der Waals surface area (Å²) < 4.78 is 18.9. The van der Waals surface area contributed by atoms with Gasteiger partial charge in [0.1, 0.15) is 16.6 Å². The van der Waals surface area contributed by atoms with Crippen molar-refractivity contribution in [1.29, 1.82) is 0 Å². The molecule has 0 radical (unpaired) electrons. The normalized spacial score (nSPS) is 11.8. The first-order chi connectivity index (χ1) is 14.6. The fourth-order valence-corrected chi connectivity index (χ4v) is 4.57. The Bertz CT molecular complexity index is 1110. The first-order valence-electron chi connectivity index (χ1n) is 9.32. The van der Waals surface area contributed by atoms with Gasteiger partial charge in [0.05, 0.1) is 6.04 Å². The Kier molecular flexibility index (Phi) is 6.21. The number of nitrogens with zero attached hydrogens (tertiary/aromatic N) is 1. The molecule has 2 heterocycles. The maximum atomic E-state index is 13.3. The second kappa shape index (κ2) is 9.19. The van der Waals surface area contributed by atoms with Crippen molar-refractivity contribution in [2.24, 2.45) is 0 Å². The van der Waals surface area contributed by atoms with Gasteiger partial charge >= 0.3 is 0 Å². The maximum absolute atomic E-state index is 13.3. The van der Waals surface area contributed by atoms with E-state index in [2.05, 4.69) is 10.3 Å². The second-order valence-corrected chi connectivity index (χ2v) is 8.51. The van der Waals surface area contributed by atoms with Gasteiger partial charge in [0.25, 0.3) is 5.91 Å². The number of hydrogen-bond donors (Lipinski definition) is 1. The summed E-state index contributed by atoms with van der Waals surface area (Å²) in [7, 11) is 0. The van der Waals surface area contributed by atoms with Crippen molar-refractivity contribution in [3.05, 3.63) is 93.4 Å². The third kappa shape index (κ3) is 4.93. The number of hydrogen-bond acceptors (Lipinski definition) is 5. The number of carbonyl (C=O) groups is 1. The van der Waals surface area contributed by atoms with Crippen molar-refractivity contribution >= 4 is 28.6 Å².